The first kappa shape index (κ1) is 16.8. The van der Waals surface area contributed by atoms with E-state index in [1.165, 1.54) is 0 Å². The Morgan fingerprint density at radius 3 is 2.41 bits per heavy atom. The van der Waals surface area contributed by atoms with E-state index in [2.05, 4.69) is 0 Å². The molecule has 0 spiro atoms. The maximum absolute atomic E-state index is 12.9. The van der Waals surface area contributed by atoms with Crippen LogP contribution in [0.2, 0.25) is 0 Å². The van der Waals surface area contributed by atoms with Gasteiger partial charge in [-0.3, -0.25) is 4.79 Å². The third-order valence-corrected chi connectivity index (χ3v) is 5.45. The molecule has 0 radical (unpaired) electrons. The minimum atomic E-state index is -4.18. The second-order valence-electron chi connectivity index (χ2n) is 5.11. The van der Waals surface area contributed by atoms with Crippen molar-refractivity contribution in [2.45, 2.75) is 30.2 Å². The predicted molar refractivity (Wildman–Crippen MR) is 70.4 cm³/mol. The first-order chi connectivity index (χ1) is 10.2. The van der Waals surface area contributed by atoms with E-state index >= 15 is 0 Å². The number of benzene rings is 1. The standard InChI is InChI=1S/C13H14F3NO4S/c14-9-1-3-10(4-2-9)22(20,21)17-7-8(6-12(15)16)5-11(17)13(18)19/h1-4,8,11-12H,5-7H2,(H,18,19)/t8?,11-/m0/s1. The highest BCUT2D eigenvalue weighted by molar-refractivity contribution is 7.89. The van der Waals surface area contributed by atoms with Crippen LogP contribution < -0.4 is 0 Å². The van der Waals surface area contributed by atoms with Gasteiger partial charge in [0.25, 0.3) is 0 Å². The van der Waals surface area contributed by atoms with E-state index in [1.807, 2.05) is 0 Å². The van der Waals surface area contributed by atoms with Crippen molar-refractivity contribution in [2.75, 3.05) is 6.54 Å². The maximum atomic E-state index is 12.9. The molecule has 122 valence electrons. The Morgan fingerprint density at radius 2 is 1.91 bits per heavy atom. The third kappa shape index (κ3) is 3.41. The fourth-order valence-electron chi connectivity index (χ4n) is 2.54. The van der Waals surface area contributed by atoms with Crippen molar-refractivity contribution in [3.05, 3.63) is 30.1 Å². The molecule has 9 heteroatoms. The largest absolute Gasteiger partial charge is 0.480 e. The third-order valence-electron chi connectivity index (χ3n) is 3.56. The molecule has 1 aliphatic rings. The Morgan fingerprint density at radius 1 is 1.32 bits per heavy atom. The minimum Gasteiger partial charge on any atom is -0.480 e. The van der Waals surface area contributed by atoms with Crippen molar-refractivity contribution >= 4 is 16.0 Å². The molecule has 1 fully saturated rings. The Balaban J connectivity index is 2.31. The predicted octanol–water partition coefficient (Wildman–Crippen LogP) is 1.94. The molecule has 1 unspecified atom stereocenters. The number of carbonyl (C=O) groups is 1. The van der Waals surface area contributed by atoms with Gasteiger partial charge in [0, 0.05) is 13.0 Å². The van der Waals surface area contributed by atoms with Crippen LogP contribution in [0.3, 0.4) is 0 Å². The van der Waals surface area contributed by atoms with Crippen LogP contribution in [0, 0.1) is 11.7 Å². The van der Waals surface area contributed by atoms with Gasteiger partial charge in [-0.05, 0) is 36.6 Å². The van der Waals surface area contributed by atoms with Gasteiger partial charge in [-0.25, -0.2) is 21.6 Å². The Labute approximate surface area is 125 Å². The zero-order chi connectivity index (χ0) is 16.5. The van der Waals surface area contributed by atoms with Gasteiger partial charge >= 0.3 is 5.97 Å². The van der Waals surface area contributed by atoms with Gasteiger partial charge in [0.1, 0.15) is 11.9 Å². The van der Waals surface area contributed by atoms with Crippen molar-refractivity contribution in [3.8, 4) is 0 Å². The molecule has 0 amide bonds. The molecule has 1 heterocycles. The summed E-state index contributed by atoms with van der Waals surface area (Å²) in [6, 6.07) is 2.53. The highest BCUT2D eigenvalue weighted by Gasteiger charge is 2.44. The van der Waals surface area contributed by atoms with Gasteiger partial charge in [0.2, 0.25) is 16.4 Å². The fraction of sp³-hybridized carbons (Fsp3) is 0.462. The van der Waals surface area contributed by atoms with E-state index in [9.17, 15) is 26.4 Å². The number of hydrogen-bond acceptors (Lipinski definition) is 3. The molecule has 1 aromatic rings. The summed E-state index contributed by atoms with van der Waals surface area (Å²) in [4.78, 5) is 11.0. The lowest BCUT2D eigenvalue weighted by atomic mass is 10.0. The molecule has 0 bridgehead atoms. The normalized spacial score (nSPS) is 23.1. The lowest BCUT2D eigenvalue weighted by Gasteiger charge is -2.21. The van der Waals surface area contributed by atoms with E-state index in [0.717, 1.165) is 24.3 Å². The van der Waals surface area contributed by atoms with Crippen LogP contribution in [0.5, 0.6) is 0 Å². The molecule has 22 heavy (non-hydrogen) atoms. The highest BCUT2D eigenvalue weighted by atomic mass is 32.2. The van der Waals surface area contributed by atoms with Crippen LogP contribution in [0.4, 0.5) is 13.2 Å². The summed E-state index contributed by atoms with van der Waals surface area (Å²) in [7, 11) is -4.18. The average molecular weight is 337 g/mol. The van der Waals surface area contributed by atoms with Crippen molar-refractivity contribution in [3.63, 3.8) is 0 Å². The molecule has 1 saturated heterocycles. The lowest BCUT2D eigenvalue weighted by Crippen LogP contribution is -2.40. The Hall–Kier alpha value is -1.61. The SMILES string of the molecule is O=C(O)[C@@H]1CC(CC(F)F)CN1S(=O)(=O)c1ccc(F)cc1. The van der Waals surface area contributed by atoms with E-state index < -0.39 is 46.6 Å². The second kappa shape index (κ2) is 6.25. The summed E-state index contributed by atoms with van der Waals surface area (Å²) < 4.78 is 63.4. The minimum absolute atomic E-state index is 0.167. The van der Waals surface area contributed by atoms with Gasteiger partial charge in [-0.1, -0.05) is 0 Å². The molecule has 2 rings (SSSR count). The first-order valence-electron chi connectivity index (χ1n) is 6.50. The Bertz CT molecular complexity index is 648. The van der Waals surface area contributed by atoms with Crippen LogP contribution in [0.1, 0.15) is 12.8 Å². The number of hydrogen-bond donors (Lipinski definition) is 1. The van der Waals surface area contributed by atoms with Crippen molar-refractivity contribution < 1.29 is 31.5 Å². The molecule has 1 aromatic carbocycles. The van der Waals surface area contributed by atoms with Crippen LogP contribution in [0.15, 0.2) is 29.2 Å². The molecule has 0 aromatic heterocycles. The monoisotopic (exact) mass is 337 g/mol. The van der Waals surface area contributed by atoms with E-state index in [4.69, 9.17) is 5.11 Å². The molecule has 2 atom stereocenters. The highest BCUT2D eigenvalue weighted by Crippen LogP contribution is 2.32. The summed E-state index contributed by atoms with van der Waals surface area (Å²) in [6.07, 6.45) is -3.35. The molecule has 1 aliphatic heterocycles. The summed E-state index contributed by atoms with van der Waals surface area (Å²) in [6.45, 7) is -0.291. The van der Waals surface area contributed by atoms with Gasteiger partial charge in [0.05, 0.1) is 4.90 Å². The molecule has 0 saturated carbocycles. The smallest absolute Gasteiger partial charge is 0.322 e. The zero-order valence-corrected chi connectivity index (χ0v) is 12.1. The van der Waals surface area contributed by atoms with Crippen LogP contribution in [0.25, 0.3) is 0 Å². The number of nitrogens with zero attached hydrogens (tertiary/aromatic N) is 1. The van der Waals surface area contributed by atoms with Crippen molar-refractivity contribution in [2.24, 2.45) is 5.92 Å². The quantitative estimate of drug-likeness (QED) is 0.891. The number of rotatable bonds is 5. The second-order valence-corrected chi connectivity index (χ2v) is 7.00. The number of carboxylic acids is 1. The number of halogens is 3. The summed E-state index contributed by atoms with van der Waals surface area (Å²) in [5.74, 6) is -2.75. The van der Waals surface area contributed by atoms with E-state index in [1.54, 1.807) is 0 Å². The van der Waals surface area contributed by atoms with Crippen LogP contribution in [-0.4, -0.2) is 42.8 Å². The number of alkyl halides is 2. The summed E-state index contributed by atoms with van der Waals surface area (Å²) >= 11 is 0. The summed E-state index contributed by atoms with van der Waals surface area (Å²) in [5.41, 5.74) is 0. The maximum Gasteiger partial charge on any atom is 0.322 e. The number of aliphatic carboxylic acids is 1. The van der Waals surface area contributed by atoms with Crippen molar-refractivity contribution in [1.82, 2.24) is 4.31 Å². The van der Waals surface area contributed by atoms with Crippen molar-refractivity contribution in [1.29, 1.82) is 0 Å². The molecular weight excluding hydrogens is 323 g/mol. The summed E-state index contributed by atoms with van der Waals surface area (Å²) in [5, 5.41) is 9.14. The van der Waals surface area contributed by atoms with Gasteiger partial charge in [-0.2, -0.15) is 4.31 Å². The molecule has 1 N–H and O–H groups in total. The number of carboxylic acid groups (broad SMARTS) is 1. The fourth-order valence-corrected chi connectivity index (χ4v) is 4.21. The number of sulfonamides is 1. The van der Waals surface area contributed by atoms with Gasteiger partial charge in [0.15, 0.2) is 0 Å². The molecule has 5 nitrogen and oxygen atoms in total. The average Bonchev–Trinajstić information content (AvgIpc) is 2.83. The molecule has 0 aliphatic carbocycles. The van der Waals surface area contributed by atoms with E-state index in [0.29, 0.717) is 4.31 Å². The van der Waals surface area contributed by atoms with Crippen LogP contribution in [-0.2, 0) is 14.8 Å². The molecular formula is C13H14F3NO4S. The van der Waals surface area contributed by atoms with E-state index in [-0.39, 0.29) is 17.9 Å². The van der Waals surface area contributed by atoms with Gasteiger partial charge in [-0.15, -0.1) is 0 Å². The zero-order valence-electron chi connectivity index (χ0n) is 11.3. The van der Waals surface area contributed by atoms with Gasteiger partial charge < -0.3 is 5.11 Å². The van der Waals surface area contributed by atoms with Crippen LogP contribution >= 0.6 is 0 Å². The Kier molecular flexibility index (Phi) is 4.76. The topological polar surface area (TPSA) is 74.7 Å². The first-order valence-corrected chi connectivity index (χ1v) is 7.94. The lowest BCUT2D eigenvalue weighted by molar-refractivity contribution is -0.140.